The van der Waals surface area contributed by atoms with Gasteiger partial charge in [0.1, 0.15) is 18.0 Å². The first-order valence-electron chi connectivity index (χ1n) is 11.6. The number of benzene rings is 2. The molecule has 2 aromatic carbocycles. The highest BCUT2D eigenvalue weighted by molar-refractivity contribution is 7.95. The third-order valence-electron chi connectivity index (χ3n) is 6.58. The molecule has 3 aromatic rings. The molecule has 0 radical (unpaired) electrons. The van der Waals surface area contributed by atoms with Crippen molar-refractivity contribution in [3.8, 4) is 11.5 Å². The monoisotopic (exact) mass is 535 g/mol. The molecule has 1 unspecified atom stereocenters. The van der Waals surface area contributed by atoms with Gasteiger partial charge in [0.05, 0.1) is 33.6 Å². The molecule has 194 valence electrons. The maximum Gasteiger partial charge on any atom is 0.162 e. The van der Waals surface area contributed by atoms with Crippen LogP contribution in [0.15, 0.2) is 36.7 Å². The average Bonchev–Trinajstić information content (AvgIpc) is 2.86. The average molecular weight is 536 g/mol. The summed E-state index contributed by atoms with van der Waals surface area (Å²) in [5.74, 6) is 5.13. The molecule has 1 N–H and O–H groups in total. The topological polar surface area (TPSA) is 79.8 Å². The molecule has 1 aromatic heterocycles. The first kappa shape index (κ1) is 26.4. The van der Waals surface area contributed by atoms with Crippen LogP contribution in [0, 0.1) is 5.82 Å². The van der Waals surface area contributed by atoms with Crippen molar-refractivity contribution >= 4 is 49.8 Å². The predicted molar refractivity (Wildman–Crippen MR) is 144 cm³/mol. The Morgan fingerprint density at radius 2 is 1.83 bits per heavy atom. The first-order valence-corrected chi connectivity index (χ1v) is 13.6. The van der Waals surface area contributed by atoms with Gasteiger partial charge in [0, 0.05) is 44.3 Å². The van der Waals surface area contributed by atoms with Crippen molar-refractivity contribution in [2.75, 3.05) is 33.6 Å². The Hall–Kier alpha value is -2.66. The summed E-state index contributed by atoms with van der Waals surface area (Å²) in [6.45, 7) is 0. The van der Waals surface area contributed by atoms with E-state index in [9.17, 15) is 8.60 Å². The number of methoxy groups -OCH3 is 1. The van der Waals surface area contributed by atoms with E-state index in [1.807, 2.05) is 23.5 Å². The molecule has 4 rings (SSSR count). The standard InChI is InChI=1S/C25H31ClFN5O3S/c1-31(2)36(5,33)32(3)17-7-9-18(10-8-17)35-24-13-19-22(14-23(24)34-4)28-15-29-25(19)30-16-6-11-21(27)20(26)12-16/h6,11-15,17-18H,5,7-10H2,1-4H3,(H,28,29,30). The lowest BCUT2D eigenvalue weighted by Gasteiger charge is -2.37. The third kappa shape index (κ3) is 5.51. The summed E-state index contributed by atoms with van der Waals surface area (Å²) in [5, 5.41) is 3.93. The van der Waals surface area contributed by atoms with E-state index in [4.69, 9.17) is 21.1 Å². The number of anilines is 2. The van der Waals surface area contributed by atoms with Crippen LogP contribution in [-0.4, -0.2) is 69.1 Å². The highest BCUT2D eigenvalue weighted by atomic mass is 35.5. The van der Waals surface area contributed by atoms with Crippen LogP contribution in [0.2, 0.25) is 5.02 Å². The van der Waals surface area contributed by atoms with Gasteiger partial charge in [-0.15, -0.1) is 0 Å². The molecule has 0 saturated heterocycles. The van der Waals surface area contributed by atoms with Crippen molar-refractivity contribution in [1.82, 2.24) is 18.6 Å². The number of fused-ring (bicyclic) bond motifs is 1. The number of hydrogen-bond acceptors (Lipinski definition) is 6. The van der Waals surface area contributed by atoms with E-state index >= 15 is 0 Å². The van der Waals surface area contributed by atoms with Crippen LogP contribution in [0.5, 0.6) is 11.5 Å². The van der Waals surface area contributed by atoms with Gasteiger partial charge in [-0.2, -0.15) is 0 Å². The van der Waals surface area contributed by atoms with Crippen LogP contribution in [-0.2, 0) is 9.89 Å². The van der Waals surface area contributed by atoms with E-state index in [-0.39, 0.29) is 17.2 Å². The lowest BCUT2D eigenvalue weighted by molar-refractivity contribution is 0.122. The van der Waals surface area contributed by atoms with Crippen LogP contribution < -0.4 is 14.8 Å². The number of hydrogen-bond donors (Lipinski definition) is 1. The van der Waals surface area contributed by atoms with Gasteiger partial charge in [0.2, 0.25) is 0 Å². The molecule has 1 aliphatic rings. The summed E-state index contributed by atoms with van der Waals surface area (Å²) in [6, 6.07) is 8.22. The van der Waals surface area contributed by atoms with Crippen LogP contribution >= 0.6 is 11.6 Å². The molecule has 8 nitrogen and oxygen atoms in total. The van der Waals surface area contributed by atoms with Gasteiger partial charge in [-0.05, 0) is 55.8 Å². The molecule has 0 spiro atoms. The molecular formula is C25H31ClFN5O3S. The Labute approximate surface area is 216 Å². The Morgan fingerprint density at radius 3 is 2.47 bits per heavy atom. The second-order valence-corrected chi connectivity index (χ2v) is 11.9. The number of aromatic nitrogens is 2. The van der Waals surface area contributed by atoms with Crippen molar-refractivity contribution in [3.63, 3.8) is 0 Å². The molecule has 1 heterocycles. The van der Waals surface area contributed by atoms with E-state index in [0.717, 1.165) is 31.1 Å². The van der Waals surface area contributed by atoms with Crippen LogP contribution in [0.1, 0.15) is 25.7 Å². The van der Waals surface area contributed by atoms with Gasteiger partial charge in [0.15, 0.2) is 11.5 Å². The Kier molecular flexibility index (Phi) is 7.89. The van der Waals surface area contributed by atoms with E-state index in [0.29, 0.717) is 28.5 Å². The SMILES string of the molecule is C=S(=O)(N(C)C)N(C)C1CCC(Oc2cc3c(Nc4ccc(F)c(Cl)c4)ncnc3cc2OC)CC1. The summed E-state index contributed by atoms with van der Waals surface area (Å²) >= 11 is 5.93. The number of nitrogens with zero attached hydrogens (tertiary/aromatic N) is 4. The van der Waals surface area contributed by atoms with Gasteiger partial charge in [-0.3, -0.25) is 0 Å². The van der Waals surface area contributed by atoms with Crippen LogP contribution in [0.25, 0.3) is 10.9 Å². The van der Waals surface area contributed by atoms with E-state index in [1.54, 1.807) is 31.6 Å². The molecule has 1 fully saturated rings. The Morgan fingerprint density at radius 1 is 1.11 bits per heavy atom. The second-order valence-electron chi connectivity index (χ2n) is 9.01. The quantitative estimate of drug-likeness (QED) is 0.413. The van der Waals surface area contributed by atoms with E-state index < -0.39 is 15.7 Å². The zero-order valence-electron chi connectivity index (χ0n) is 20.8. The maximum absolute atomic E-state index is 13.6. The van der Waals surface area contributed by atoms with Gasteiger partial charge >= 0.3 is 0 Å². The minimum absolute atomic E-state index is 0.0156. The largest absolute Gasteiger partial charge is 0.493 e. The summed E-state index contributed by atoms with van der Waals surface area (Å²) < 4.78 is 42.0. The van der Waals surface area contributed by atoms with Crippen molar-refractivity contribution in [1.29, 1.82) is 0 Å². The highest BCUT2D eigenvalue weighted by Crippen LogP contribution is 2.37. The number of nitrogens with one attached hydrogen (secondary N) is 1. The molecule has 0 amide bonds. The van der Waals surface area contributed by atoms with Crippen molar-refractivity contribution in [2.24, 2.45) is 0 Å². The van der Waals surface area contributed by atoms with Crippen molar-refractivity contribution in [3.05, 3.63) is 47.5 Å². The fourth-order valence-electron chi connectivity index (χ4n) is 4.32. The van der Waals surface area contributed by atoms with Gasteiger partial charge in [-0.25, -0.2) is 27.2 Å². The summed E-state index contributed by atoms with van der Waals surface area (Å²) in [4.78, 5) is 8.73. The molecule has 0 aliphatic heterocycles. The van der Waals surface area contributed by atoms with Crippen LogP contribution in [0.3, 0.4) is 0 Å². The highest BCUT2D eigenvalue weighted by Gasteiger charge is 2.30. The van der Waals surface area contributed by atoms with E-state index in [1.165, 1.54) is 18.5 Å². The molecule has 1 atom stereocenters. The number of rotatable bonds is 8. The van der Waals surface area contributed by atoms with Crippen molar-refractivity contribution < 1.29 is 18.1 Å². The fourth-order valence-corrected chi connectivity index (χ4v) is 5.70. The van der Waals surface area contributed by atoms with Gasteiger partial charge in [-0.1, -0.05) is 11.6 Å². The Balaban J connectivity index is 1.54. The van der Waals surface area contributed by atoms with Gasteiger partial charge in [0.25, 0.3) is 0 Å². The number of ether oxygens (including phenoxy) is 2. The molecule has 1 aliphatic carbocycles. The molecule has 0 bridgehead atoms. The summed E-state index contributed by atoms with van der Waals surface area (Å²) in [5.41, 5.74) is 1.27. The van der Waals surface area contributed by atoms with Crippen molar-refractivity contribution in [2.45, 2.75) is 37.8 Å². The zero-order valence-corrected chi connectivity index (χ0v) is 22.4. The third-order valence-corrected chi connectivity index (χ3v) is 9.20. The predicted octanol–water partition coefficient (Wildman–Crippen LogP) is 4.90. The lowest BCUT2D eigenvalue weighted by Crippen LogP contribution is -2.45. The molecular weight excluding hydrogens is 505 g/mol. The lowest BCUT2D eigenvalue weighted by atomic mass is 9.93. The minimum atomic E-state index is -2.47. The molecule has 11 heteroatoms. The molecule has 36 heavy (non-hydrogen) atoms. The van der Waals surface area contributed by atoms with E-state index in [2.05, 4.69) is 21.2 Å². The summed E-state index contributed by atoms with van der Waals surface area (Å²) in [6.07, 6.45) is 4.74. The van der Waals surface area contributed by atoms with Gasteiger partial charge < -0.3 is 14.8 Å². The normalized spacial score (nSPS) is 19.9. The smallest absolute Gasteiger partial charge is 0.162 e. The maximum atomic E-state index is 13.6. The molecule has 1 saturated carbocycles. The second kappa shape index (κ2) is 10.8. The minimum Gasteiger partial charge on any atom is -0.493 e. The zero-order chi connectivity index (χ0) is 26.0. The summed E-state index contributed by atoms with van der Waals surface area (Å²) in [7, 11) is 4.56. The van der Waals surface area contributed by atoms with Crippen LogP contribution in [0.4, 0.5) is 15.9 Å². The first-order chi connectivity index (χ1) is 17.1. The Bertz CT molecular complexity index is 1350. The fraction of sp³-hybridized carbons (Fsp3) is 0.400. The number of halogens is 2.